The number of Topliss-reactive ketones (excluding diaryl/α,β-unsaturated/α-hetero) is 2. The average molecular weight is 559 g/mol. The number of ether oxygens (including phenoxy) is 1. The Labute approximate surface area is 242 Å². The molecule has 6 nitrogen and oxygen atoms in total. The van der Waals surface area contributed by atoms with Gasteiger partial charge in [0.1, 0.15) is 11.5 Å². The van der Waals surface area contributed by atoms with Crippen molar-refractivity contribution in [2.24, 2.45) is 5.92 Å². The van der Waals surface area contributed by atoms with Crippen molar-refractivity contribution in [3.05, 3.63) is 136 Å². The summed E-state index contributed by atoms with van der Waals surface area (Å²) in [5.41, 5.74) is 2.98. The third kappa shape index (κ3) is 3.52. The minimum absolute atomic E-state index is 0.00166. The summed E-state index contributed by atoms with van der Waals surface area (Å²) in [6.45, 7) is 1.93. The Morgan fingerprint density at radius 3 is 2.38 bits per heavy atom. The predicted octanol–water partition coefficient (Wildman–Crippen LogP) is 6.12. The quantitative estimate of drug-likeness (QED) is 0.299. The van der Waals surface area contributed by atoms with Crippen molar-refractivity contribution in [2.75, 3.05) is 12.4 Å². The van der Waals surface area contributed by atoms with Crippen LogP contribution in [0.2, 0.25) is 0 Å². The van der Waals surface area contributed by atoms with E-state index >= 15 is 0 Å². The molecule has 7 rings (SSSR count). The Kier molecular flexibility index (Phi) is 5.87. The molecule has 1 amide bonds. The maximum Gasteiger partial charge on any atom is 0.238 e. The summed E-state index contributed by atoms with van der Waals surface area (Å²) in [6, 6.07) is 24.5. The molecule has 42 heavy (non-hydrogen) atoms. The number of amides is 1. The average Bonchev–Trinajstić information content (AvgIpc) is 3.49. The summed E-state index contributed by atoms with van der Waals surface area (Å²) in [4.78, 5) is 45.7. The van der Waals surface area contributed by atoms with Crippen molar-refractivity contribution in [2.45, 2.75) is 24.4 Å². The topological polar surface area (TPSA) is 75.7 Å². The summed E-state index contributed by atoms with van der Waals surface area (Å²) in [6.07, 6.45) is 3.73. The van der Waals surface area contributed by atoms with E-state index in [1.165, 1.54) is 19.2 Å². The molecule has 1 spiro atoms. The predicted molar refractivity (Wildman–Crippen MR) is 157 cm³/mol. The normalized spacial score (nSPS) is 23.3. The maximum atomic E-state index is 15.0. The highest BCUT2D eigenvalue weighted by Crippen LogP contribution is 2.62. The lowest BCUT2D eigenvalue weighted by Gasteiger charge is -2.38. The lowest BCUT2D eigenvalue weighted by Crippen LogP contribution is -2.49. The largest absolute Gasteiger partial charge is 0.494 e. The van der Waals surface area contributed by atoms with E-state index in [0.717, 1.165) is 22.8 Å². The smallest absolute Gasteiger partial charge is 0.238 e. The van der Waals surface area contributed by atoms with Gasteiger partial charge in [-0.3, -0.25) is 14.4 Å². The molecule has 1 fully saturated rings. The number of hydrogen-bond donors (Lipinski definition) is 1. The SMILES string of the molecule is COc1ccc(C(=O)[C@@H]2[C@@H](C(=O)c3ccc(C)cc3)N3C=Cc4ccccc4[C@@H]3[C@]23C(=O)Nc2ccccc23)cc1F. The van der Waals surface area contributed by atoms with E-state index in [1.807, 2.05) is 78.7 Å². The van der Waals surface area contributed by atoms with E-state index in [2.05, 4.69) is 5.32 Å². The van der Waals surface area contributed by atoms with E-state index in [0.29, 0.717) is 16.8 Å². The molecule has 0 unspecified atom stereocenters. The highest BCUT2D eigenvalue weighted by atomic mass is 19.1. The monoisotopic (exact) mass is 558 g/mol. The van der Waals surface area contributed by atoms with Gasteiger partial charge >= 0.3 is 0 Å². The van der Waals surface area contributed by atoms with Gasteiger partial charge in [-0.05, 0) is 54.0 Å². The summed E-state index contributed by atoms with van der Waals surface area (Å²) >= 11 is 0. The Hall–Kier alpha value is -5.04. The molecule has 7 heteroatoms. The van der Waals surface area contributed by atoms with E-state index < -0.39 is 35.0 Å². The highest BCUT2D eigenvalue weighted by molar-refractivity contribution is 6.16. The molecule has 4 aromatic carbocycles. The third-order valence-corrected chi connectivity index (χ3v) is 8.89. The number of carbonyl (C=O) groups is 3. The zero-order chi connectivity index (χ0) is 29.2. The summed E-state index contributed by atoms with van der Waals surface area (Å²) < 4.78 is 20.1. The molecule has 3 aliphatic rings. The van der Waals surface area contributed by atoms with Gasteiger partial charge in [0.05, 0.1) is 19.1 Å². The van der Waals surface area contributed by atoms with Crippen molar-refractivity contribution >= 4 is 29.2 Å². The molecule has 3 heterocycles. The van der Waals surface area contributed by atoms with E-state index in [1.54, 1.807) is 18.2 Å². The van der Waals surface area contributed by atoms with Crippen molar-refractivity contribution < 1.29 is 23.5 Å². The number of fused-ring (bicyclic) bond motifs is 6. The van der Waals surface area contributed by atoms with Crippen molar-refractivity contribution in [3.63, 3.8) is 0 Å². The van der Waals surface area contributed by atoms with Crippen molar-refractivity contribution in [1.29, 1.82) is 0 Å². The number of methoxy groups -OCH3 is 1. The molecule has 0 aromatic heterocycles. The van der Waals surface area contributed by atoms with Crippen LogP contribution in [-0.4, -0.2) is 35.5 Å². The minimum atomic E-state index is -1.48. The van der Waals surface area contributed by atoms with Gasteiger partial charge in [-0.2, -0.15) is 0 Å². The molecule has 1 N–H and O–H groups in total. The maximum absolute atomic E-state index is 15.0. The van der Waals surface area contributed by atoms with Gasteiger partial charge in [-0.15, -0.1) is 0 Å². The first-order valence-electron chi connectivity index (χ1n) is 13.8. The van der Waals surface area contributed by atoms with Gasteiger partial charge < -0.3 is 15.0 Å². The van der Waals surface area contributed by atoms with Crippen LogP contribution in [-0.2, 0) is 10.2 Å². The van der Waals surface area contributed by atoms with Gasteiger partial charge in [-0.25, -0.2) is 4.39 Å². The fraction of sp³-hybridized carbons (Fsp3) is 0.171. The lowest BCUT2D eigenvalue weighted by molar-refractivity contribution is -0.122. The van der Waals surface area contributed by atoms with Crippen LogP contribution in [0.15, 0.2) is 97.2 Å². The van der Waals surface area contributed by atoms with Crippen LogP contribution < -0.4 is 10.1 Å². The number of rotatable bonds is 5. The molecule has 4 aromatic rings. The first-order chi connectivity index (χ1) is 20.4. The molecule has 0 radical (unpaired) electrons. The number of ketones is 2. The molecule has 0 bridgehead atoms. The second kappa shape index (κ2) is 9.52. The number of anilines is 1. The third-order valence-electron chi connectivity index (χ3n) is 8.89. The highest BCUT2D eigenvalue weighted by Gasteiger charge is 2.70. The Morgan fingerprint density at radius 2 is 1.62 bits per heavy atom. The van der Waals surface area contributed by atoms with Crippen LogP contribution in [0.25, 0.3) is 6.08 Å². The zero-order valence-corrected chi connectivity index (χ0v) is 23.0. The van der Waals surface area contributed by atoms with Crippen LogP contribution in [0.1, 0.15) is 49.0 Å². The van der Waals surface area contributed by atoms with E-state index in [-0.39, 0.29) is 23.0 Å². The van der Waals surface area contributed by atoms with Crippen molar-refractivity contribution in [1.82, 2.24) is 4.90 Å². The number of nitrogens with zero attached hydrogens (tertiary/aromatic N) is 1. The molecule has 3 aliphatic heterocycles. The molecular weight excluding hydrogens is 531 g/mol. The fourth-order valence-electron chi connectivity index (χ4n) is 7.06. The van der Waals surface area contributed by atoms with Crippen LogP contribution in [0.3, 0.4) is 0 Å². The van der Waals surface area contributed by atoms with E-state index in [9.17, 15) is 18.8 Å². The lowest BCUT2D eigenvalue weighted by atomic mass is 9.62. The first-order valence-corrected chi connectivity index (χ1v) is 13.8. The number of halogens is 1. The second-order valence-corrected chi connectivity index (χ2v) is 11.0. The number of benzene rings is 4. The van der Waals surface area contributed by atoms with Gasteiger partial charge in [0, 0.05) is 23.0 Å². The molecule has 208 valence electrons. The fourth-order valence-corrected chi connectivity index (χ4v) is 7.06. The van der Waals surface area contributed by atoms with Crippen LogP contribution >= 0.6 is 0 Å². The summed E-state index contributed by atoms with van der Waals surface area (Å²) in [7, 11) is 1.35. The molecular formula is C35H27FN2O4. The minimum Gasteiger partial charge on any atom is -0.494 e. The molecule has 0 saturated carbocycles. The Bertz CT molecular complexity index is 1810. The number of hydrogen-bond acceptors (Lipinski definition) is 5. The second-order valence-electron chi connectivity index (χ2n) is 11.0. The number of nitrogens with one attached hydrogen (secondary N) is 1. The summed E-state index contributed by atoms with van der Waals surface area (Å²) in [5.74, 6) is -3.02. The van der Waals surface area contributed by atoms with Gasteiger partial charge in [0.15, 0.2) is 23.1 Å². The van der Waals surface area contributed by atoms with E-state index in [4.69, 9.17) is 4.74 Å². The van der Waals surface area contributed by atoms with Crippen LogP contribution in [0, 0.1) is 18.7 Å². The van der Waals surface area contributed by atoms with Gasteiger partial charge in [0.25, 0.3) is 0 Å². The standard InChI is InChI=1S/C35H27FN2O4/c1-20-11-13-22(14-12-20)32(40)30-29(31(39)23-15-16-28(42-2)26(36)19-23)35(25-9-5-6-10-27(25)37-34(35)41)33-24-8-4-3-7-21(24)17-18-38(30)33/h3-19,29-30,33H,1-2H3,(H,37,41)/t29-,30-,33+,35+/m0/s1. The molecule has 0 aliphatic carbocycles. The van der Waals surface area contributed by atoms with Crippen LogP contribution in [0.4, 0.5) is 10.1 Å². The zero-order valence-electron chi connectivity index (χ0n) is 23.0. The van der Waals surface area contributed by atoms with Crippen LogP contribution in [0.5, 0.6) is 5.75 Å². The number of carbonyl (C=O) groups excluding carboxylic acids is 3. The first kappa shape index (κ1) is 25.9. The number of para-hydroxylation sites is 1. The summed E-state index contributed by atoms with van der Waals surface area (Å²) in [5, 5.41) is 3.02. The van der Waals surface area contributed by atoms with Crippen molar-refractivity contribution in [3.8, 4) is 5.75 Å². The Balaban J connectivity index is 1.52. The molecule has 1 saturated heterocycles. The van der Waals surface area contributed by atoms with Gasteiger partial charge in [0.2, 0.25) is 5.91 Å². The molecule has 4 atom stereocenters. The number of aryl methyl sites for hydroxylation is 1. The Morgan fingerprint density at radius 1 is 0.905 bits per heavy atom. The van der Waals surface area contributed by atoms with Gasteiger partial charge in [-0.1, -0.05) is 72.3 Å².